The fraction of sp³-hybridized carbons (Fsp3) is 0.316. The number of amides is 2. The molecule has 0 aliphatic carbocycles. The van der Waals surface area contributed by atoms with Crippen LogP contribution in [0.3, 0.4) is 0 Å². The van der Waals surface area contributed by atoms with Gasteiger partial charge in [0.15, 0.2) is 0 Å². The van der Waals surface area contributed by atoms with Crippen molar-refractivity contribution in [1.29, 1.82) is 0 Å². The minimum absolute atomic E-state index is 0.0487. The van der Waals surface area contributed by atoms with Gasteiger partial charge in [-0.15, -0.1) is 0 Å². The molecule has 4 nitrogen and oxygen atoms in total. The fourth-order valence-electron chi connectivity index (χ4n) is 2.89. The summed E-state index contributed by atoms with van der Waals surface area (Å²) in [5.74, 6) is 0. The Bertz CT molecular complexity index is 682. The standard InChI is InChI=1S/C19H22N2O2/c1-15-4-2-3-5-18(15)13-21-11-10-20(19(21)23)12-16-6-8-17(14-22)9-7-16/h2-9,22H,10-14H2,1H3. The Morgan fingerprint density at radius 3 is 2.17 bits per heavy atom. The summed E-state index contributed by atoms with van der Waals surface area (Å²) in [6, 6.07) is 16.1. The highest BCUT2D eigenvalue weighted by Crippen LogP contribution is 2.18. The summed E-state index contributed by atoms with van der Waals surface area (Å²) in [4.78, 5) is 16.3. The first-order chi connectivity index (χ1) is 11.2. The third-order valence-electron chi connectivity index (χ3n) is 4.38. The van der Waals surface area contributed by atoms with Crippen molar-refractivity contribution in [3.05, 3.63) is 70.8 Å². The second-order valence-corrected chi connectivity index (χ2v) is 6.03. The molecule has 3 rings (SSSR count). The van der Waals surface area contributed by atoms with Crippen LogP contribution < -0.4 is 0 Å². The van der Waals surface area contributed by atoms with Gasteiger partial charge in [-0.2, -0.15) is 0 Å². The molecule has 2 aromatic rings. The Hall–Kier alpha value is -2.33. The van der Waals surface area contributed by atoms with Crippen molar-refractivity contribution in [2.75, 3.05) is 13.1 Å². The molecule has 1 fully saturated rings. The van der Waals surface area contributed by atoms with E-state index in [1.54, 1.807) is 0 Å². The van der Waals surface area contributed by atoms with Gasteiger partial charge >= 0.3 is 6.03 Å². The van der Waals surface area contributed by atoms with Gasteiger partial charge in [0.1, 0.15) is 0 Å². The summed E-state index contributed by atoms with van der Waals surface area (Å²) < 4.78 is 0. The van der Waals surface area contributed by atoms with Crippen molar-refractivity contribution in [2.45, 2.75) is 26.6 Å². The number of nitrogens with zero attached hydrogens (tertiary/aromatic N) is 2. The smallest absolute Gasteiger partial charge is 0.320 e. The summed E-state index contributed by atoms with van der Waals surface area (Å²) in [6.07, 6.45) is 0. The van der Waals surface area contributed by atoms with Crippen LogP contribution in [-0.2, 0) is 19.7 Å². The van der Waals surface area contributed by atoms with Gasteiger partial charge in [0.05, 0.1) is 6.61 Å². The van der Waals surface area contributed by atoms with Gasteiger partial charge in [0.2, 0.25) is 0 Å². The molecule has 1 aliphatic rings. The lowest BCUT2D eigenvalue weighted by Gasteiger charge is -2.19. The summed E-state index contributed by atoms with van der Waals surface area (Å²) in [5.41, 5.74) is 4.41. The van der Waals surface area contributed by atoms with Crippen LogP contribution in [0.25, 0.3) is 0 Å². The van der Waals surface area contributed by atoms with E-state index >= 15 is 0 Å². The van der Waals surface area contributed by atoms with Crippen LogP contribution in [0.4, 0.5) is 4.79 Å². The fourth-order valence-corrected chi connectivity index (χ4v) is 2.89. The third kappa shape index (κ3) is 3.54. The molecule has 0 atom stereocenters. The SMILES string of the molecule is Cc1ccccc1CN1CCN(Cc2ccc(CO)cc2)C1=O. The van der Waals surface area contributed by atoms with Crippen LogP contribution in [0.1, 0.15) is 22.3 Å². The predicted octanol–water partition coefficient (Wildman–Crippen LogP) is 2.93. The zero-order valence-corrected chi connectivity index (χ0v) is 13.4. The first-order valence-electron chi connectivity index (χ1n) is 7.94. The average Bonchev–Trinajstić information content (AvgIpc) is 2.91. The summed E-state index contributed by atoms with van der Waals surface area (Å²) in [6.45, 7) is 4.94. The van der Waals surface area contributed by atoms with Gasteiger partial charge in [-0.05, 0) is 29.2 Å². The van der Waals surface area contributed by atoms with Crippen molar-refractivity contribution in [3.8, 4) is 0 Å². The second-order valence-electron chi connectivity index (χ2n) is 6.03. The molecule has 2 amide bonds. The monoisotopic (exact) mass is 310 g/mol. The van der Waals surface area contributed by atoms with Crippen LogP contribution >= 0.6 is 0 Å². The highest BCUT2D eigenvalue weighted by molar-refractivity contribution is 5.76. The minimum atomic E-state index is 0.0487. The molecular weight excluding hydrogens is 288 g/mol. The number of benzene rings is 2. The summed E-state index contributed by atoms with van der Waals surface area (Å²) >= 11 is 0. The van der Waals surface area contributed by atoms with E-state index in [-0.39, 0.29) is 12.6 Å². The molecule has 0 bridgehead atoms. The van der Waals surface area contributed by atoms with E-state index in [1.807, 2.05) is 46.2 Å². The van der Waals surface area contributed by atoms with Crippen molar-refractivity contribution in [1.82, 2.24) is 9.80 Å². The topological polar surface area (TPSA) is 43.8 Å². The Morgan fingerprint density at radius 1 is 0.913 bits per heavy atom. The minimum Gasteiger partial charge on any atom is -0.392 e. The van der Waals surface area contributed by atoms with Gasteiger partial charge < -0.3 is 14.9 Å². The molecule has 0 unspecified atom stereocenters. The first-order valence-corrected chi connectivity index (χ1v) is 7.94. The lowest BCUT2D eigenvalue weighted by Crippen LogP contribution is -2.31. The number of aliphatic hydroxyl groups excluding tert-OH is 1. The number of aryl methyl sites for hydroxylation is 1. The molecule has 4 heteroatoms. The second kappa shape index (κ2) is 6.84. The predicted molar refractivity (Wildman–Crippen MR) is 89.8 cm³/mol. The molecular formula is C19H22N2O2. The largest absolute Gasteiger partial charge is 0.392 e. The van der Waals surface area contributed by atoms with Crippen molar-refractivity contribution < 1.29 is 9.90 Å². The van der Waals surface area contributed by atoms with Gasteiger partial charge in [0.25, 0.3) is 0 Å². The maximum absolute atomic E-state index is 12.6. The Morgan fingerprint density at radius 2 is 1.52 bits per heavy atom. The maximum Gasteiger partial charge on any atom is 0.320 e. The number of aliphatic hydroxyl groups is 1. The molecule has 0 aromatic heterocycles. The van der Waals surface area contributed by atoms with Crippen molar-refractivity contribution in [3.63, 3.8) is 0 Å². The van der Waals surface area contributed by atoms with Crippen LogP contribution in [-0.4, -0.2) is 34.0 Å². The Labute approximate surface area is 137 Å². The maximum atomic E-state index is 12.6. The van der Waals surface area contributed by atoms with E-state index in [1.165, 1.54) is 11.1 Å². The molecule has 1 saturated heterocycles. The molecule has 1 aliphatic heterocycles. The van der Waals surface area contributed by atoms with E-state index in [4.69, 9.17) is 5.11 Å². The first kappa shape index (κ1) is 15.6. The molecule has 1 N–H and O–H groups in total. The van der Waals surface area contributed by atoms with Gasteiger partial charge in [-0.25, -0.2) is 4.79 Å². The quantitative estimate of drug-likeness (QED) is 0.923. The van der Waals surface area contributed by atoms with E-state index < -0.39 is 0 Å². The molecule has 0 spiro atoms. The zero-order valence-electron chi connectivity index (χ0n) is 13.4. The average molecular weight is 310 g/mol. The Kier molecular flexibility index (Phi) is 4.63. The van der Waals surface area contributed by atoms with Crippen LogP contribution in [0.5, 0.6) is 0 Å². The third-order valence-corrected chi connectivity index (χ3v) is 4.38. The number of carbonyl (C=O) groups excluding carboxylic acids is 1. The van der Waals surface area contributed by atoms with E-state index in [2.05, 4.69) is 19.1 Å². The van der Waals surface area contributed by atoms with E-state index in [0.717, 1.165) is 24.2 Å². The normalized spacial score (nSPS) is 14.6. The van der Waals surface area contributed by atoms with Gasteiger partial charge in [0, 0.05) is 26.2 Å². The van der Waals surface area contributed by atoms with Crippen LogP contribution in [0.15, 0.2) is 48.5 Å². The van der Waals surface area contributed by atoms with E-state index in [0.29, 0.717) is 13.1 Å². The molecule has 1 heterocycles. The number of hydrogen-bond acceptors (Lipinski definition) is 2. The van der Waals surface area contributed by atoms with Gasteiger partial charge in [-0.3, -0.25) is 0 Å². The number of urea groups is 1. The van der Waals surface area contributed by atoms with E-state index in [9.17, 15) is 4.79 Å². The van der Waals surface area contributed by atoms with Crippen molar-refractivity contribution >= 4 is 6.03 Å². The van der Waals surface area contributed by atoms with Crippen molar-refractivity contribution in [2.24, 2.45) is 0 Å². The summed E-state index contributed by atoms with van der Waals surface area (Å²) in [5, 5.41) is 9.08. The summed E-state index contributed by atoms with van der Waals surface area (Å²) in [7, 11) is 0. The molecule has 0 radical (unpaired) electrons. The van der Waals surface area contributed by atoms with Crippen LogP contribution in [0.2, 0.25) is 0 Å². The molecule has 23 heavy (non-hydrogen) atoms. The molecule has 120 valence electrons. The highest BCUT2D eigenvalue weighted by Gasteiger charge is 2.28. The number of rotatable bonds is 5. The molecule has 2 aromatic carbocycles. The molecule has 0 saturated carbocycles. The highest BCUT2D eigenvalue weighted by atomic mass is 16.3. The zero-order chi connectivity index (χ0) is 16.2. The van der Waals surface area contributed by atoms with Gasteiger partial charge in [-0.1, -0.05) is 48.5 Å². The lowest BCUT2D eigenvalue weighted by molar-refractivity contribution is 0.189. The number of carbonyl (C=O) groups is 1. The lowest BCUT2D eigenvalue weighted by atomic mass is 10.1. The Balaban J connectivity index is 1.63. The number of hydrogen-bond donors (Lipinski definition) is 1. The van der Waals surface area contributed by atoms with Crippen LogP contribution in [0, 0.1) is 6.92 Å².